The van der Waals surface area contributed by atoms with Crippen molar-refractivity contribution < 1.29 is 13.2 Å². The van der Waals surface area contributed by atoms with Crippen LogP contribution in [0.5, 0.6) is 0 Å². The van der Waals surface area contributed by atoms with Gasteiger partial charge in [0.25, 0.3) is 0 Å². The lowest BCUT2D eigenvalue weighted by atomic mass is 10.2. The van der Waals surface area contributed by atoms with Gasteiger partial charge in [-0.1, -0.05) is 23.2 Å². The Hall–Kier alpha value is -2.37. The minimum Gasteiger partial charge on any atom is -0.325 e. The number of fused-ring (bicyclic) bond motifs is 1. The predicted molar refractivity (Wildman–Crippen MR) is 119 cm³/mol. The molecule has 1 aliphatic rings. The molecule has 1 fully saturated rings. The third-order valence-electron chi connectivity index (χ3n) is 5.01. The minimum absolute atomic E-state index is 0.0222. The van der Waals surface area contributed by atoms with Crippen LogP contribution in [0.4, 0.5) is 5.69 Å². The van der Waals surface area contributed by atoms with Crippen molar-refractivity contribution in [2.45, 2.75) is 4.90 Å². The molecule has 0 bridgehead atoms. The van der Waals surface area contributed by atoms with Crippen molar-refractivity contribution in [3.63, 3.8) is 0 Å². The van der Waals surface area contributed by atoms with Crippen molar-refractivity contribution in [3.05, 3.63) is 56.9 Å². The number of sulfonamides is 1. The molecule has 1 amide bonds. The summed E-state index contributed by atoms with van der Waals surface area (Å²) < 4.78 is 27.1. The quantitative estimate of drug-likeness (QED) is 0.513. The second kappa shape index (κ2) is 8.64. The van der Waals surface area contributed by atoms with E-state index in [1.807, 2.05) is 4.90 Å². The van der Waals surface area contributed by atoms with Gasteiger partial charge in [0.1, 0.15) is 4.90 Å². The molecule has 0 aliphatic carbocycles. The number of carbonyl (C=O) groups is 1. The first-order valence-corrected chi connectivity index (χ1v) is 11.6. The van der Waals surface area contributed by atoms with Crippen LogP contribution >= 0.6 is 23.2 Å². The van der Waals surface area contributed by atoms with Crippen molar-refractivity contribution in [1.29, 1.82) is 0 Å². The highest BCUT2D eigenvalue weighted by molar-refractivity contribution is 7.89. The molecule has 0 spiro atoms. The van der Waals surface area contributed by atoms with Crippen molar-refractivity contribution in [2.75, 3.05) is 38.0 Å². The molecule has 1 aromatic heterocycles. The Morgan fingerprint density at radius 1 is 1.00 bits per heavy atom. The summed E-state index contributed by atoms with van der Waals surface area (Å²) in [6.45, 7) is 1.38. The van der Waals surface area contributed by atoms with E-state index in [1.54, 1.807) is 18.2 Å². The first-order chi connectivity index (χ1) is 14.7. The normalized spacial score (nSPS) is 15.9. The van der Waals surface area contributed by atoms with Crippen LogP contribution in [0.15, 0.2) is 46.1 Å². The summed E-state index contributed by atoms with van der Waals surface area (Å²) in [4.78, 5) is 30.9. The zero-order chi connectivity index (χ0) is 22.2. The maximum absolute atomic E-state index is 12.9. The number of rotatable bonds is 5. The molecule has 4 rings (SSSR count). The van der Waals surface area contributed by atoms with Gasteiger partial charge in [0.05, 0.1) is 22.6 Å². The number of halogens is 2. The van der Waals surface area contributed by atoms with Crippen LogP contribution in [0.25, 0.3) is 11.0 Å². The predicted octanol–water partition coefficient (Wildman–Crippen LogP) is 2.11. The highest BCUT2D eigenvalue weighted by Crippen LogP contribution is 2.28. The number of imidazole rings is 1. The topological polar surface area (TPSA) is 118 Å². The zero-order valence-corrected chi connectivity index (χ0v) is 18.5. The molecule has 3 N–H and O–H groups in total. The Morgan fingerprint density at radius 3 is 2.45 bits per heavy atom. The van der Waals surface area contributed by atoms with Crippen LogP contribution in [0.1, 0.15) is 0 Å². The Bertz CT molecular complexity index is 1300. The van der Waals surface area contributed by atoms with Gasteiger partial charge in [0.2, 0.25) is 15.9 Å². The van der Waals surface area contributed by atoms with Crippen LogP contribution < -0.4 is 11.0 Å². The summed E-state index contributed by atoms with van der Waals surface area (Å²) in [7, 11) is -3.78. The number of hydrogen-bond acceptors (Lipinski definition) is 5. The van der Waals surface area contributed by atoms with Gasteiger partial charge in [-0.15, -0.1) is 0 Å². The molecule has 3 aromatic rings. The van der Waals surface area contributed by atoms with Crippen LogP contribution in [0, 0.1) is 0 Å². The average molecular weight is 484 g/mol. The van der Waals surface area contributed by atoms with Gasteiger partial charge in [-0.2, -0.15) is 4.31 Å². The number of hydrogen-bond donors (Lipinski definition) is 3. The fourth-order valence-corrected chi connectivity index (χ4v) is 5.62. The van der Waals surface area contributed by atoms with Gasteiger partial charge in [0.15, 0.2) is 0 Å². The zero-order valence-electron chi connectivity index (χ0n) is 16.2. The lowest BCUT2D eigenvalue weighted by Crippen LogP contribution is -2.50. The molecule has 2 heterocycles. The second-order valence-corrected chi connectivity index (χ2v) is 9.89. The number of nitrogens with zero attached hydrogens (tertiary/aromatic N) is 2. The van der Waals surface area contributed by atoms with Crippen molar-refractivity contribution >= 4 is 55.9 Å². The largest absolute Gasteiger partial charge is 0.325 e. The maximum Gasteiger partial charge on any atom is 0.323 e. The molecule has 1 saturated heterocycles. The second-order valence-electron chi connectivity index (χ2n) is 7.14. The highest BCUT2D eigenvalue weighted by atomic mass is 35.5. The minimum atomic E-state index is -3.78. The number of H-pyrrole nitrogens is 2. The Morgan fingerprint density at radius 2 is 1.71 bits per heavy atom. The number of aromatic amines is 2. The number of anilines is 1. The number of aromatic nitrogens is 2. The Labute approximate surface area is 188 Å². The molecule has 2 aromatic carbocycles. The van der Waals surface area contributed by atoms with E-state index in [9.17, 15) is 18.0 Å². The smallest absolute Gasteiger partial charge is 0.323 e. The highest BCUT2D eigenvalue weighted by Gasteiger charge is 2.30. The van der Waals surface area contributed by atoms with Crippen molar-refractivity contribution in [3.8, 4) is 0 Å². The van der Waals surface area contributed by atoms with E-state index >= 15 is 0 Å². The average Bonchev–Trinajstić information content (AvgIpc) is 3.09. The van der Waals surface area contributed by atoms with E-state index in [1.165, 1.54) is 22.5 Å². The van der Waals surface area contributed by atoms with Crippen molar-refractivity contribution in [1.82, 2.24) is 19.2 Å². The molecular weight excluding hydrogens is 465 g/mol. The lowest BCUT2D eigenvalue weighted by Gasteiger charge is -2.33. The van der Waals surface area contributed by atoms with E-state index in [4.69, 9.17) is 23.2 Å². The summed E-state index contributed by atoms with van der Waals surface area (Å²) in [5.41, 5.74) is 1.50. The first kappa shape index (κ1) is 21.8. The molecule has 31 heavy (non-hydrogen) atoms. The molecule has 12 heteroatoms. The molecular formula is C19H19Cl2N5O4S. The van der Waals surface area contributed by atoms with E-state index in [-0.39, 0.29) is 41.1 Å². The summed E-state index contributed by atoms with van der Waals surface area (Å²) >= 11 is 12.0. The third kappa shape index (κ3) is 4.78. The molecule has 0 radical (unpaired) electrons. The number of nitrogens with one attached hydrogen (secondary N) is 3. The van der Waals surface area contributed by atoms with E-state index < -0.39 is 10.0 Å². The molecule has 0 unspecified atom stereocenters. The third-order valence-corrected chi connectivity index (χ3v) is 7.62. The molecule has 1 aliphatic heterocycles. The summed E-state index contributed by atoms with van der Waals surface area (Å²) in [5.74, 6) is -0.230. The van der Waals surface area contributed by atoms with Crippen LogP contribution in [-0.4, -0.2) is 66.2 Å². The standard InChI is InChI=1S/C19H19Cl2N5O4S/c20-12-1-3-14(21)17(9-12)31(29,30)26-7-5-25(6-8-26)11-18(27)22-13-2-4-15-16(10-13)24-19(28)23-15/h1-4,9-10H,5-8,11H2,(H,22,27)(H2,23,24,28). The van der Waals surface area contributed by atoms with Gasteiger partial charge < -0.3 is 15.3 Å². The van der Waals surface area contributed by atoms with Gasteiger partial charge >= 0.3 is 5.69 Å². The van der Waals surface area contributed by atoms with E-state index in [0.717, 1.165) is 0 Å². The van der Waals surface area contributed by atoms with Crippen LogP contribution in [-0.2, 0) is 14.8 Å². The van der Waals surface area contributed by atoms with Gasteiger partial charge in [-0.25, -0.2) is 13.2 Å². The first-order valence-electron chi connectivity index (χ1n) is 9.42. The number of carbonyl (C=O) groups excluding carboxylic acids is 1. The molecule has 9 nitrogen and oxygen atoms in total. The number of amides is 1. The SMILES string of the molecule is O=C(CN1CCN(S(=O)(=O)c2cc(Cl)ccc2Cl)CC1)Nc1ccc2[nH]c(=O)[nH]c2c1. The number of piperazine rings is 1. The van der Waals surface area contributed by atoms with Crippen LogP contribution in [0.2, 0.25) is 10.0 Å². The number of benzene rings is 2. The van der Waals surface area contributed by atoms with Gasteiger partial charge in [0, 0.05) is 36.9 Å². The molecule has 0 saturated carbocycles. The van der Waals surface area contributed by atoms with Gasteiger partial charge in [-0.05, 0) is 36.4 Å². The summed E-state index contributed by atoms with van der Waals surface area (Å²) in [6.07, 6.45) is 0. The monoisotopic (exact) mass is 483 g/mol. The van der Waals surface area contributed by atoms with E-state index in [2.05, 4.69) is 15.3 Å². The summed E-state index contributed by atoms with van der Waals surface area (Å²) in [5, 5.41) is 3.20. The maximum atomic E-state index is 12.9. The molecule has 0 atom stereocenters. The fourth-order valence-electron chi connectivity index (χ4n) is 3.46. The molecule has 164 valence electrons. The van der Waals surface area contributed by atoms with Crippen LogP contribution in [0.3, 0.4) is 0 Å². The summed E-state index contributed by atoms with van der Waals surface area (Å²) in [6, 6.07) is 9.40. The van der Waals surface area contributed by atoms with Crippen molar-refractivity contribution in [2.24, 2.45) is 0 Å². The Kier molecular flexibility index (Phi) is 6.09. The van der Waals surface area contributed by atoms with E-state index in [0.29, 0.717) is 34.8 Å². The fraction of sp³-hybridized carbons (Fsp3) is 0.263. The van der Waals surface area contributed by atoms with Gasteiger partial charge in [-0.3, -0.25) is 9.69 Å². The Balaban J connectivity index is 1.35. The lowest BCUT2D eigenvalue weighted by molar-refractivity contribution is -0.117.